The van der Waals surface area contributed by atoms with Gasteiger partial charge in [-0.3, -0.25) is 4.79 Å². The smallest absolute Gasteiger partial charge is 0.276 e. The van der Waals surface area contributed by atoms with Crippen LogP contribution in [0.4, 0.5) is 10.1 Å². The minimum absolute atomic E-state index is 0.0659. The average Bonchev–Trinajstić information content (AvgIpc) is 3.60. The number of imidazole rings is 1. The van der Waals surface area contributed by atoms with Gasteiger partial charge in [0.15, 0.2) is 17.1 Å². The third kappa shape index (κ3) is 4.33. The number of carbonyl (C=O) groups excluding carboxylic acids is 1. The zero-order chi connectivity index (χ0) is 25.7. The number of rotatable bonds is 5. The van der Waals surface area contributed by atoms with Gasteiger partial charge in [0.2, 0.25) is 5.03 Å². The average molecular weight is 535 g/mol. The number of fused-ring (bicyclic) bond motifs is 2. The van der Waals surface area contributed by atoms with Gasteiger partial charge in [0.1, 0.15) is 28.5 Å². The summed E-state index contributed by atoms with van der Waals surface area (Å²) < 4.78 is 34.5. The molecule has 1 amide bonds. The highest BCUT2D eigenvalue weighted by atomic mass is 35.5. The molecule has 9 nitrogen and oxygen atoms in total. The molecule has 6 aromatic rings. The first kappa shape index (κ1) is 23.2. The van der Waals surface area contributed by atoms with Gasteiger partial charge in [-0.05, 0) is 60.7 Å². The van der Waals surface area contributed by atoms with Crippen molar-refractivity contribution in [3.63, 3.8) is 0 Å². The Balaban J connectivity index is 1.29. The van der Waals surface area contributed by atoms with E-state index < -0.39 is 22.9 Å². The number of amides is 1. The van der Waals surface area contributed by atoms with Gasteiger partial charge in [-0.25, -0.2) is 13.9 Å². The lowest BCUT2D eigenvalue weighted by molar-refractivity contribution is 0.102. The van der Waals surface area contributed by atoms with E-state index in [1.807, 2.05) is 6.07 Å². The van der Waals surface area contributed by atoms with Crippen molar-refractivity contribution >= 4 is 51.0 Å². The van der Waals surface area contributed by atoms with Crippen molar-refractivity contribution in [1.82, 2.24) is 24.4 Å². The van der Waals surface area contributed by atoms with Crippen LogP contribution in [0.2, 0.25) is 5.15 Å². The minimum Gasteiger partial charge on any atom is -0.610 e. The molecule has 2 aromatic carbocycles. The molecule has 0 fully saturated rings. The molecule has 0 saturated heterocycles. The van der Waals surface area contributed by atoms with E-state index in [-0.39, 0.29) is 5.69 Å². The van der Waals surface area contributed by atoms with Gasteiger partial charge >= 0.3 is 0 Å². The zero-order valence-electron chi connectivity index (χ0n) is 19.1. The SMILES string of the molecule is C[S+]([O-])c1cc(C(=O)Nc2ccc3oc(-c4cnc5ccc(Cl)nn45)cc3c2)nn1-c1ccc(F)cc1. The van der Waals surface area contributed by atoms with Crippen molar-refractivity contribution in [2.45, 2.75) is 5.03 Å². The first-order valence-corrected chi connectivity index (χ1v) is 12.8. The van der Waals surface area contributed by atoms with Crippen molar-refractivity contribution in [3.8, 4) is 17.1 Å². The lowest BCUT2D eigenvalue weighted by Gasteiger charge is -2.07. The molecule has 0 aliphatic heterocycles. The van der Waals surface area contributed by atoms with Gasteiger partial charge in [0.05, 0.1) is 11.9 Å². The van der Waals surface area contributed by atoms with E-state index in [1.165, 1.54) is 41.3 Å². The Labute approximate surface area is 216 Å². The molecule has 1 N–H and O–H groups in total. The van der Waals surface area contributed by atoms with Gasteiger partial charge in [-0.2, -0.15) is 14.9 Å². The maximum absolute atomic E-state index is 13.3. The number of nitrogens with one attached hydrogen (secondary N) is 1. The Hall–Kier alpha value is -4.19. The maximum atomic E-state index is 13.3. The number of furan rings is 1. The van der Waals surface area contributed by atoms with Gasteiger partial charge in [-0.15, -0.1) is 0 Å². The Kier molecular flexibility index (Phi) is 5.67. The van der Waals surface area contributed by atoms with E-state index in [1.54, 1.807) is 41.0 Å². The Morgan fingerprint density at radius 1 is 1.08 bits per heavy atom. The van der Waals surface area contributed by atoms with Crippen molar-refractivity contribution in [3.05, 3.63) is 89.6 Å². The molecule has 184 valence electrons. The summed E-state index contributed by atoms with van der Waals surface area (Å²) in [6, 6.07) is 17.4. The van der Waals surface area contributed by atoms with Gasteiger partial charge < -0.3 is 14.3 Å². The van der Waals surface area contributed by atoms with E-state index in [9.17, 15) is 13.7 Å². The normalized spacial score (nSPS) is 12.3. The van der Waals surface area contributed by atoms with E-state index in [0.29, 0.717) is 44.2 Å². The monoisotopic (exact) mass is 534 g/mol. The predicted octanol–water partition coefficient (Wildman–Crippen LogP) is 5.11. The molecule has 1 unspecified atom stereocenters. The van der Waals surface area contributed by atoms with Crippen LogP contribution >= 0.6 is 11.6 Å². The fourth-order valence-electron chi connectivity index (χ4n) is 3.91. The molecule has 0 radical (unpaired) electrons. The van der Waals surface area contributed by atoms with Gasteiger partial charge in [0, 0.05) is 28.3 Å². The van der Waals surface area contributed by atoms with E-state index in [4.69, 9.17) is 16.0 Å². The van der Waals surface area contributed by atoms with Crippen molar-refractivity contribution < 1.29 is 18.2 Å². The zero-order valence-corrected chi connectivity index (χ0v) is 20.6. The van der Waals surface area contributed by atoms with Crippen molar-refractivity contribution in [1.29, 1.82) is 0 Å². The fourth-order valence-corrected chi connectivity index (χ4v) is 4.71. The Morgan fingerprint density at radius 2 is 1.89 bits per heavy atom. The number of hydrogen-bond donors (Lipinski definition) is 1. The van der Waals surface area contributed by atoms with Crippen LogP contribution in [0.1, 0.15) is 10.5 Å². The van der Waals surface area contributed by atoms with Crippen LogP contribution < -0.4 is 5.32 Å². The van der Waals surface area contributed by atoms with Crippen molar-refractivity contribution in [2.24, 2.45) is 0 Å². The van der Waals surface area contributed by atoms with E-state index in [2.05, 4.69) is 20.5 Å². The first-order valence-electron chi connectivity index (χ1n) is 10.9. The molecule has 0 spiro atoms. The summed E-state index contributed by atoms with van der Waals surface area (Å²) in [5, 5.41) is 12.8. The standard InChI is InChI=1S/C25H16ClFN6O3S/c1-37(35)24-12-18(30-32(24)17-5-2-15(27)3-6-17)25(34)29-16-4-7-20-14(10-16)11-21(36-20)19-13-28-23-9-8-22(26)31-33(19)23/h2-13H,1H3,(H,29,34). The second-order valence-corrected chi connectivity index (χ2v) is 9.81. The summed E-state index contributed by atoms with van der Waals surface area (Å²) in [4.78, 5) is 17.3. The predicted molar refractivity (Wildman–Crippen MR) is 137 cm³/mol. The molecule has 6 rings (SSSR count). The lowest BCUT2D eigenvalue weighted by Crippen LogP contribution is -2.13. The molecule has 0 bridgehead atoms. The number of benzene rings is 2. The first-order chi connectivity index (χ1) is 17.9. The van der Waals surface area contributed by atoms with Crippen LogP contribution in [0, 0.1) is 5.82 Å². The molecule has 0 saturated carbocycles. The second-order valence-electron chi connectivity index (χ2n) is 8.10. The largest absolute Gasteiger partial charge is 0.610 e. The molecule has 0 aliphatic rings. The minimum atomic E-state index is -1.44. The third-order valence-electron chi connectivity index (χ3n) is 5.63. The molecular formula is C25H16ClFN6O3S. The van der Waals surface area contributed by atoms with Crippen LogP contribution in [0.25, 0.3) is 33.8 Å². The van der Waals surface area contributed by atoms with Crippen LogP contribution in [0.3, 0.4) is 0 Å². The third-order valence-corrected chi connectivity index (χ3v) is 6.71. The molecular weight excluding hydrogens is 519 g/mol. The number of aromatic nitrogens is 5. The molecule has 12 heteroatoms. The number of nitrogens with zero attached hydrogens (tertiary/aromatic N) is 5. The summed E-state index contributed by atoms with van der Waals surface area (Å²) in [5.41, 5.74) is 2.93. The fraction of sp³-hybridized carbons (Fsp3) is 0.0400. The van der Waals surface area contributed by atoms with Crippen LogP contribution in [-0.2, 0) is 11.2 Å². The summed E-state index contributed by atoms with van der Waals surface area (Å²) in [6.45, 7) is 0. The van der Waals surface area contributed by atoms with E-state index >= 15 is 0 Å². The quantitative estimate of drug-likeness (QED) is 0.307. The molecule has 1 atom stereocenters. The second kappa shape index (κ2) is 9.04. The lowest BCUT2D eigenvalue weighted by atomic mass is 10.2. The highest BCUT2D eigenvalue weighted by Gasteiger charge is 2.22. The summed E-state index contributed by atoms with van der Waals surface area (Å²) in [7, 11) is 0. The summed E-state index contributed by atoms with van der Waals surface area (Å²) in [6.07, 6.45) is 3.13. The van der Waals surface area contributed by atoms with Crippen LogP contribution in [0.15, 0.2) is 82.4 Å². The topological polar surface area (TPSA) is 113 Å². The van der Waals surface area contributed by atoms with E-state index in [0.717, 1.165) is 5.39 Å². The van der Waals surface area contributed by atoms with Crippen LogP contribution in [0.5, 0.6) is 0 Å². The Morgan fingerprint density at radius 3 is 2.68 bits per heavy atom. The van der Waals surface area contributed by atoms with Gasteiger partial charge in [0.25, 0.3) is 5.91 Å². The highest BCUT2D eigenvalue weighted by molar-refractivity contribution is 7.90. The molecule has 4 aromatic heterocycles. The highest BCUT2D eigenvalue weighted by Crippen LogP contribution is 2.30. The number of hydrogen-bond acceptors (Lipinski definition) is 6. The number of halogens is 2. The molecule has 37 heavy (non-hydrogen) atoms. The molecule has 0 aliphatic carbocycles. The Bertz CT molecular complexity index is 1790. The number of carbonyl (C=O) groups is 1. The molecule has 4 heterocycles. The van der Waals surface area contributed by atoms with Crippen LogP contribution in [-0.4, -0.2) is 41.1 Å². The maximum Gasteiger partial charge on any atom is 0.276 e. The summed E-state index contributed by atoms with van der Waals surface area (Å²) >= 11 is 4.60. The van der Waals surface area contributed by atoms with Gasteiger partial charge in [-0.1, -0.05) is 11.6 Å². The number of anilines is 1. The summed E-state index contributed by atoms with van der Waals surface area (Å²) in [5.74, 6) is -0.363. The van der Waals surface area contributed by atoms with Crippen molar-refractivity contribution in [2.75, 3.05) is 11.6 Å².